The molecule has 3 heteroatoms. The van der Waals surface area contributed by atoms with E-state index in [9.17, 15) is 0 Å². The van der Waals surface area contributed by atoms with Crippen molar-refractivity contribution in [3.05, 3.63) is 11.5 Å². The van der Waals surface area contributed by atoms with Crippen LogP contribution in [-0.2, 0) is 13.0 Å². The molecule has 0 aliphatic heterocycles. The SMILES string of the molecule is CCCCc1nc(C2CCCC2)n(CC)c1N. The lowest BCUT2D eigenvalue weighted by molar-refractivity contribution is 0.603. The van der Waals surface area contributed by atoms with Crippen LogP contribution in [0.5, 0.6) is 0 Å². The number of nitrogens with zero attached hydrogens (tertiary/aromatic N) is 2. The van der Waals surface area contributed by atoms with Crippen LogP contribution in [0.15, 0.2) is 0 Å². The zero-order valence-electron chi connectivity index (χ0n) is 11.2. The zero-order valence-corrected chi connectivity index (χ0v) is 11.2. The molecule has 0 atom stereocenters. The Kier molecular flexibility index (Phi) is 4.08. The van der Waals surface area contributed by atoms with E-state index in [1.165, 1.54) is 44.3 Å². The van der Waals surface area contributed by atoms with E-state index < -0.39 is 0 Å². The number of imidazole rings is 1. The Hall–Kier alpha value is -0.990. The number of nitrogen functional groups attached to an aromatic ring is 1. The molecule has 0 spiro atoms. The van der Waals surface area contributed by atoms with Crippen LogP contribution < -0.4 is 5.73 Å². The summed E-state index contributed by atoms with van der Waals surface area (Å²) in [5.74, 6) is 2.84. The number of anilines is 1. The maximum absolute atomic E-state index is 6.22. The quantitative estimate of drug-likeness (QED) is 0.849. The number of aromatic nitrogens is 2. The molecule has 2 N–H and O–H groups in total. The first-order valence-electron chi connectivity index (χ1n) is 7.12. The second kappa shape index (κ2) is 5.56. The third-order valence-electron chi connectivity index (χ3n) is 3.92. The van der Waals surface area contributed by atoms with E-state index >= 15 is 0 Å². The Morgan fingerprint density at radius 1 is 1.29 bits per heavy atom. The van der Waals surface area contributed by atoms with E-state index in [1.807, 2.05) is 0 Å². The number of hydrogen-bond acceptors (Lipinski definition) is 2. The summed E-state index contributed by atoms with van der Waals surface area (Å²) in [5.41, 5.74) is 7.36. The van der Waals surface area contributed by atoms with Crippen molar-refractivity contribution in [1.82, 2.24) is 9.55 Å². The normalized spacial score (nSPS) is 16.8. The van der Waals surface area contributed by atoms with E-state index in [2.05, 4.69) is 18.4 Å². The molecule has 0 amide bonds. The van der Waals surface area contributed by atoms with Gasteiger partial charge in [-0.15, -0.1) is 0 Å². The smallest absolute Gasteiger partial charge is 0.126 e. The van der Waals surface area contributed by atoms with Gasteiger partial charge in [-0.25, -0.2) is 4.98 Å². The van der Waals surface area contributed by atoms with Crippen molar-refractivity contribution in [3.8, 4) is 0 Å². The summed E-state index contributed by atoms with van der Waals surface area (Å²) in [4.78, 5) is 4.84. The molecule has 1 aromatic rings. The molecule has 1 aromatic heterocycles. The Bertz CT molecular complexity index is 362. The van der Waals surface area contributed by atoms with Crippen molar-refractivity contribution in [2.24, 2.45) is 0 Å². The fourth-order valence-corrected chi connectivity index (χ4v) is 2.89. The summed E-state index contributed by atoms with van der Waals surface area (Å²) >= 11 is 0. The van der Waals surface area contributed by atoms with Crippen molar-refractivity contribution in [2.75, 3.05) is 5.73 Å². The fourth-order valence-electron chi connectivity index (χ4n) is 2.89. The van der Waals surface area contributed by atoms with Gasteiger partial charge in [-0.05, 0) is 32.6 Å². The van der Waals surface area contributed by atoms with Crippen LogP contribution in [0.1, 0.15) is 69.8 Å². The van der Waals surface area contributed by atoms with E-state index in [1.54, 1.807) is 0 Å². The van der Waals surface area contributed by atoms with Gasteiger partial charge in [0.05, 0.1) is 5.69 Å². The zero-order chi connectivity index (χ0) is 12.3. The minimum Gasteiger partial charge on any atom is -0.384 e. The molecule has 1 aliphatic carbocycles. The highest BCUT2D eigenvalue weighted by Gasteiger charge is 2.24. The molecule has 2 rings (SSSR count). The molecule has 0 aromatic carbocycles. The van der Waals surface area contributed by atoms with Crippen molar-refractivity contribution in [1.29, 1.82) is 0 Å². The minimum atomic E-state index is 0.660. The maximum atomic E-state index is 6.22. The molecule has 1 heterocycles. The highest BCUT2D eigenvalue weighted by molar-refractivity contribution is 5.39. The van der Waals surface area contributed by atoms with Crippen LogP contribution in [0.3, 0.4) is 0 Å². The Labute approximate surface area is 104 Å². The van der Waals surface area contributed by atoms with Crippen molar-refractivity contribution < 1.29 is 0 Å². The monoisotopic (exact) mass is 235 g/mol. The fraction of sp³-hybridized carbons (Fsp3) is 0.786. The Morgan fingerprint density at radius 3 is 2.59 bits per heavy atom. The van der Waals surface area contributed by atoms with Crippen molar-refractivity contribution in [2.45, 2.75) is 71.3 Å². The average Bonchev–Trinajstić information content (AvgIpc) is 2.94. The first kappa shape index (κ1) is 12.5. The summed E-state index contributed by atoms with van der Waals surface area (Å²) in [5, 5.41) is 0. The Morgan fingerprint density at radius 2 is 2.00 bits per heavy atom. The van der Waals surface area contributed by atoms with Gasteiger partial charge in [0, 0.05) is 12.5 Å². The van der Waals surface area contributed by atoms with Crippen molar-refractivity contribution in [3.63, 3.8) is 0 Å². The van der Waals surface area contributed by atoms with E-state index in [0.29, 0.717) is 5.92 Å². The standard InChI is InChI=1S/C14H25N3/c1-3-5-10-12-13(15)17(4-2)14(16-12)11-8-6-7-9-11/h11H,3-10,15H2,1-2H3. The molecular formula is C14H25N3. The van der Waals surface area contributed by atoms with Crippen LogP contribution in [-0.4, -0.2) is 9.55 Å². The van der Waals surface area contributed by atoms with E-state index in [-0.39, 0.29) is 0 Å². The largest absolute Gasteiger partial charge is 0.384 e. The third kappa shape index (κ3) is 2.48. The topological polar surface area (TPSA) is 43.8 Å². The third-order valence-corrected chi connectivity index (χ3v) is 3.92. The number of nitrogens with two attached hydrogens (primary N) is 1. The van der Waals surface area contributed by atoms with E-state index in [4.69, 9.17) is 10.7 Å². The van der Waals surface area contributed by atoms with Gasteiger partial charge >= 0.3 is 0 Å². The minimum absolute atomic E-state index is 0.660. The maximum Gasteiger partial charge on any atom is 0.126 e. The molecule has 0 radical (unpaired) electrons. The first-order valence-corrected chi connectivity index (χ1v) is 7.12. The number of hydrogen-bond donors (Lipinski definition) is 1. The lowest BCUT2D eigenvalue weighted by atomic mass is 10.1. The van der Waals surface area contributed by atoms with Crippen LogP contribution in [0, 0.1) is 0 Å². The molecule has 17 heavy (non-hydrogen) atoms. The lowest BCUT2D eigenvalue weighted by Crippen LogP contribution is -2.08. The van der Waals surface area contributed by atoms with Gasteiger partial charge in [-0.2, -0.15) is 0 Å². The summed E-state index contributed by atoms with van der Waals surface area (Å²) in [6.45, 7) is 5.34. The molecule has 1 aliphatic rings. The predicted molar refractivity (Wildman–Crippen MR) is 72.1 cm³/mol. The second-order valence-electron chi connectivity index (χ2n) is 5.13. The average molecular weight is 235 g/mol. The van der Waals surface area contributed by atoms with Gasteiger partial charge in [0.1, 0.15) is 11.6 Å². The molecule has 0 saturated heterocycles. The molecular weight excluding hydrogens is 210 g/mol. The lowest BCUT2D eigenvalue weighted by Gasteiger charge is -2.11. The molecule has 1 saturated carbocycles. The molecule has 96 valence electrons. The van der Waals surface area contributed by atoms with Crippen LogP contribution in [0.4, 0.5) is 5.82 Å². The number of aryl methyl sites for hydroxylation is 1. The second-order valence-corrected chi connectivity index (χ2v) is 5.13. The number of unbranched alkanes of at least 4 members (excludes halogenated alkanes) is 1. The van der Waals surface area contributed by atoms with Crippen LogP contribution in [0.2, 0.25) is 0 Å². The number of rotatable bonds is 5. The predicted octanol–water partition coefficient (Wildman–Crippen LogP) is 3.49. The summed E-state index contributed by atoms with van der Waals surface area (Å²) < 4.78 is 2.24. The molecule has 0 bridgehead atoms. The summed E-state index contributed by atoms with van der Waals surface area (Å²) in [6, 6.07) is 0. The van der Waals surface area contributed by atoms with E-state index in [0.717, 1.165) is 24.5 Å². The van der Waals surface area contributed by atoms with Gasteiger partial charge < -0.3 is 10.3 Å². The first-order chi connectivity index (χ1) is 8.27. The summed E-state index contributed by atoms with van der Waals surface area (Å²) in [7, 11) is 0. The van der Waals surface area contributed by atoms with Gasteiger partial charge in [0.15, 0.2) is 0 Å². The van der Waals surface area contributed by atoms with Gasteiger partial charge in [-0.1, -0.05) is 26.2 Å². The van der Waals surface area contributed by atoms with Crippen LogP contribution in [0.25, 0.3) is 0 Å². The van der Waals surface area contributed by atoms with Crippen LogP contribution >= 0.6 is 0 Å². The van der Waals surface area contributed by atoms with Crippen molar-refractivity contribution >= 4 is 5.82 Å². The van der Waals surface area contributed by atoms with Gasteiger partial charge in [0.25, 0.3) is 0 Å². The highest BCUT2D eigenvalue weighted by Crippen LogP contribution is 2.35. The Balaban J connectivity index is 2.24. The molecule has 3 nitrogen and oxygen atoms in total. The van der Waals surface area contributed by atoms with Gasteiger partial charge in [0.2, 0.25) is 0 Å². The molecule has 1 fully saturated rings. The van der Waals surface area contributed by atoms with Gasteiger partial charge in [-0.3, -0.25) is 0 Å². The summed E-state index contributed by atoms with van der Waals surface area (Å²) in [6.07, 6.45) is 8.73. The molecule has 0 unspecified atom stereocenters. The highest BCUT2D eigenvalue weighted by atomic mass is 15.1.